The van der Waals surface area contributed by atoms with Crippen LogP contribution < -0.4 is 5.32 Å². The van der Waals surface area contributed by atoms with Crippen molar-refractivity contribution in [1.82, 2.24) is 19.4 Å². The van der Waals surface area contributed by atoms with Crippen LogP contribution in [0.3, 0.4) is 0 Å². The monoisotopic (exact) mass is 438 g/mol. The van der Waals surface area contributed by atoms with Gasteiger partial charge >= 0.3 is 0 Å². The van der Waals surface area contributed by atoms with Crippen molar-refractivity contribution in [2.75, 3.05) is 11.5 Å². The second-order valence-corrected chi connectivity index (χ2v) is 10.5. The second kappa shape index (κ2) is 9.11. The van der Waals surface area contributed by atoms with Crippen LogP contribution in [0.5, 0.6) is 0 Å². The molecule has 0 radical (unpaired) electrons. The number of hydrogen-bond donors (Lipinski definition) is 1. The van der Waals surface area contributed by atoms with Crippen LogP contribution in [0.15, 0.2) is 48.8 Å². The molecule has 3 heterocycles. The third-order valence-electron chi connectivity index (χ3n) is 6.47. The maximum atomic E-state index is 13.4. The van der Waals surface area contributed by atoms with Gasteiger partial charge in [-0.1, -0.05) is 26.0 Å². The number of carbonyl (C=O) groups excluding carboxylic acids is 1. The zero-order chi connectivity index (χ0) is 22.0. The summed E-state index contributed by atoms with van der Waals surface area (Å²) < 4.78 is 4.54. The average Bonchev–Trinajstić information content (AvgIpc) is 3.40. The fourth-order valence-corrected chi connectivity index (χ4v) is 6.06. The number of fused-ring (bicyclic) bond motifs is 1. The summed E-state index contributed by atoms with van der Waals surface area (Å²) in [7, 11) is 0. The van der Waals surface area contributed by atoms with Crippen molar-refractivity contribution in [2.45, 2.75) is 64.6 Å². The second-order valence-electron chi connectivity index (χ2n) is 9.32. The largest absolute Gasteiger partial charge is 0.348 e. The Morgan fingerprint density at radius 2 is 1.77 bits per heavy atom. The average molecular weight is 439 g/mol. The predicted octanol–water partition coefficient (Wildman–Crippen LogP) is 5.54. The van der Waals surface area contributed by atoms with Crippen molar-refractivity contribution in [3.05, 3.63) is 54.6 Å². The maximum absolute atomic E-state index is 13.4. The van der Waals surface area contributed by atoms with E-state index in [1.54, 1.807) is 0 Å². The van der Waals surface area contributed by atoms with Gasteiger partial charge < -0.3 is 14.5 Å². The highest BCUT2D eigenvalue weighted by Gasteiger charge is 2.37. The molecule has 1 aromatic carbocycles. The molecule has 0 saturated carbocycles. The molecule has 4 rings (SSSR count). The van der Waals surface area contributed by atoms with Crippen LogP contribution in [-0.4, -0.2) is 31.5 Å². The Morgan fingerprint density at radius 1 is 1.10 bits per heavy atom. The molecule has 3 aromatic rings. The van der Waals surface area contributed by atoms with E-state index >= 15 is 0 Å². The first-order valence-corrected chi connectivity index (χ1v) is 12.5. The van der Waals surface area contributed by atoms with E-state index in [1.807, 2.05) is 17.8 Å². The summed E-state index contributed by atoms with van der Waals surface area (Å²) in [6.45, 7) is 8.68. The van der Waals surface area contributed by atoms with Crippen molar-refractivity contribution in [1.29, 1.82) is 0 Å². The van der Waals surface area contributed by atoms with E-state index < -0.39 is 0 Å². The van der Waals surface area contributed by atoms with Gasteiger partial charge in [-0.15, -0.1) is 0 Å². The van der Waals surface area contributed by atoms with Crippen molar-refractivity contribution in [2.24, 2.45) is 5.92 Å². The molecule has 1 aliphatic heterocycles. The minimum Gasteiger partial charge on any atom is -0.348 e. The molecular weight excluding hydrogens is 404 g/mol. The first kappa shape index (κ1) is 22.0. The van der Waals surface area contributed by atoms with Gasteiger partial charge in [-0.3, -0.25) is 4.79 Å². The molecule has 1 amide bonds. The van der Waals surface area contributed by atoms with Crippen molar-refractivity contribution in [3.63, 3.8) is 0 Å². The lowest BCUT2D eigenvalue weighted by atomic mass is 9.87. The van der Waals surface area contributed by atoms with Crippen LogP contribution in [-0.2, 0) is 10.3 Å². The summed E-state index contributed by atoms with van der Waals surface area (Å²) in [5.74, 6) is 3.50. The van der Waals surface area contributed by atoms with Gasteiger partial charge in [0.05, 0.1) is 29.0 Å². The molecule has 0 bridgehead atoms. The number of thioether (sulfide) groups is 1. The summed E-state index contributed by atoms with van der Waals surface area (Å²) in [6, 6.07) is 12.5. The number of rotatable bonds is 7. The van der Waals surface area contributed by atoms with Gasteiger partial charge in [-0.25, -0.2) is 4.98 Å². The number of hydrogen-bond acceptors (Lipinski definition) is 3. The van der Waals surface area contributed by atoms with Crippen LogP contribution in [0.25, 0.3) is 11.0 Å². The van der Waals surface area contributed by atoms with Gasteiger partial charge in [0.25, 0.3) is 0 Å². The highest BCUT2D eigenvalue weighted by Crippen LogP contribution is 2.37. The molecule has 1 unspecified atom stereocenters. The molecule has 1 saturated heterocycles. The smallest absolute Gasteiger partial charge is 0.222 e. The Hall–Kier alpha value is -2.21. The van der Waals surface area contributed by atoms with Gasteiger partial charge in [0.15, 0.2) is 0 Å². The van der Waals surface area contributed by atoms with Gasteiger partial charge in [0.2, 0.25) is 5.91 Å². The van der Waals surface area contributed by atoms with Gasteiger partial charge in [-0.05, 0) is 68.4 Å². The van der Waals surface area contributed by atoms with E-state index in [2.05, 4.69) is 84.9 Å². The Balaban J connectivity index is 1.63. The lowest BCUT2D eigenvalue weighted by molar-refractivity contribution is -0.124. The number of amides is 1. The lowest BCUT2D eigenvalue weighted by Gasteiger charge is -2.39. The van der Waals surface area contributed by atoms with E-state index in [0.29, 0.717) is 6.42 Å². The first-order valence-electron chi connectivity index (χ1n) is 11.4. The molecule has 2 aromatic heterocycles. The highest BCUT2D eigenvalue weighted by molar-refractivity contribution is 7.99. The molecule has 31 heavy (non-hydrogen) atoms. The third kappa shape index (κ3) is 4.40. The molecule has 166 valence electrons. The predicted molar refractivity (Wildman–Crippen MR) is 129 cm³/mol. The Kier molecular flexibility index (Phi) is 6.47. The number of nitrogens with one attached hydrogen (secondary N) is 1. The topological polar surface area (TPSA) is 51.9 Å². The van der Waals surface area contributed by atoms with Crippen molar-refractivity contribution < 1.29 is 4.79 Å². The van der Waals surface area contributed by atoms with E-state index in [0.717, 1.165) is 41.2 Å². The zero-order valence-electron chi connectivity index (χ0n) is 19.0. The molecule has 1 atom stereocenters. The fraction of sp³-hybridized carbons (Fsp3) is 0.520. The summed E-state index contributed by atoms with van der Waals surface area (Å²) in [5, 5.41) is 3.38. The number of nitrogens with zero attached hydrogens (tertiary/aromatic N) is 3. The number of imidazole rings is 1. The highest BCUT2D eigenvalue weighted by atomic mass is 32.2. The van der Waals surface area contributed by atoms with E-state index in [4.69, 9.17) is 4.98 Å². The third-order valence-corrected chi connectivity index (χ3v) is 7.45. The standard InChI is InChI=1S/C25H34N4OS/c1-18(2)23(24-26-20-9-5-6-10-21(20)29(24)19(3)4)27-22(30)17-25(11-15-31-16-12-25)28-13-7-8-14-28/h5-10,13-14,18-19,23H,11-12,15-17H2,1-4H3,(H,27,30). The van der Waals surface area contributed by atoms with Crippen LogP contribution in [0.1, 0.15) is 64.9 Å². The molecule has 0 aliphatic carbocycles. The van der Waals surface area contributed by atoms with E-state index in [9.17, 15) is 4.79 Å². The van der Waals surface area contributed by atoms with Gasteiger partial charge in [0, 0.05) is 18.4 Å². The number of aromatic nitrogens is 3. The molecule has 0 spiro atoms. The quantitative estimate of drug-likeness (QED) is 0.526. The first-order chi connectivity index (χ1) is 14.9. The lowest BCUT2D eigenvalue weighted by Crippen LogP contribution is -2.43. The van der Waals surface area contributed by atoms with Crippen LogP contribution in [0.2, 0.25) is 0 Å². The van der Waals surface area contributed by atoms with Crippen molar-refractivity contribution >= 4 is 28.7 Å². The molecule has 1 fully saturated rings. The minimum absolute atomic E-state index is 0.113. The Bertz CT molecular complexity index is 1020. The molecule has 5 nitrogen and oxygen atoms in total. The summed E-state index contributed by atoms with van der Waals surface area (Å²) in [4.78, 5) is 18.4. The van der Waals surface area contributed by atoms with Gasteiger partial charge in [0.1, 0.15) is 5.82 Å². The van der Waals surface area contributed by atoms with Gasteiger partial charge in [-0.2, -0.15) is 11.8 Å². The van der Waals surface area contributed by atoms with Crippen molar-refractivity contribution in [3.8, 4) is 0 Å². The molecule has 1 N–H and O–H groups in total. The van der Waals surface area contributed by atoms with E-state index in [1.165, 1.54) is 0 Å². The minimum atomic E-state index is -0.126. The van der Waals surface area contributed by atoms with E-state index in [-0.39, 0.29) is 29.4 Å². The number of carbonyl (C=O) groups is 1. The summed E-state index contributed by atoms with van der Waals surface area (Å²) in [6.07, 6.45) is 6.78. The van der Waals surface area contributed by atoms with Crippen LogP contribution in [0, 0.1) is 5.92 Å². The Morgan fingerprint density at radius 3 is 2.42 bits per heavy atom. The molecular formula is C25H34N4OS. The SMILES string of the molecule is CC(C)C(NC(=O)CC1(n2cccc2)CCSCC1)c1nc2ccccc2n1C(C)C. The normalized spacial score (nSPS) is 17.4. The summed E-state index contributed by atoms with van der Waals surface area (Å²) in [5.41, 5.74) is 1.98. The molecule has 6 heteroatoms. The Labute approximate surface area is 189 Å². The zero-order valence-corrected chi connectivity index (χ0v) is 19.9. The summed E-state index contributed by atoms with van der Waals surface area (Å²) >= 11 is 1.99. The number of benzene rings is 1. The van der Waals surface area contributed by atoms with Crippen LogP contribution in [0.4, 0.5) is 0 Å². The number of para-hydroxylation sites is 2. The fourth-order valence-electron chi connectivity index (χ4n) is 4.81. The molecule has 1 aliphatic rings. The maximum Gasteiger partial charge on any atom is 0.222 e. The van der Waals surface area contributed by atoms with Crippen LogP contribution >= 0.6 is 11.8 Å².